The second-order valence-electron chi connectivity index (χ2n) is 3.71. The van der Waals surface area contributed by atoms with Gasteiger partial charge in [0.15, 0.2) is 0 Å². The van der Waals surface area contributed by atoms with E-state index in [0.717, 1.165) is 0 Å². The average molecular weight is 238 g/mol. The zero-order valence-corrected chi connectivity index (χ0v) is 10.5. The third-order valence-electron chi connectivity index (χ3n) is 1.69. The van der Waals surface area contributed by atoms with Crippen LogP contribution in [0.4, 0.5) is 0 Å². The maximum atomic E-state index is 11.6. The number of hydrogen-bond donors (Lipinski definition) is 1. The van der Waals surface area contributed by atoms with E-state index in [2.05, 4.69) is 12.2 Å². The van der Waals surface area contributed by atoms with E-state index in [1.54, 1.807) is 7.05 Å². The minimum atomic E-state index is -3.14. The summed E-state index contributed by atoms with van der Waals surface area (Å²) in [4.78, 5) is 0.344. The highest BCUT2D eigenvalue weighted by atomic mass is 32.2. The van der Waals surface area contributed by atoms with Gasteiger partial charge in [0.25, 0.3) is 0 Å². The molecule has 0 aliphatic rings. The highest BCUT2D eigenvalue weighted by Crippen LogP contribution is 2.05. The van der Waals surface area contributed by atoms with Crippen LogP contribution in [-0.2, 0) is 10.0 Å². The quantitative estimate of drug-likeness (QED) is 0.688. The molecule has 0 fully saturated rings. The smallest absolute Gasteiger partial charge is 0.214 e. The Kier molecular flexibility index (Phi) is 5.54. The fourth-order valence-electron chi connectivity index (χ4n) is 0.955. The standard InChI is InChI=1S/C8H18N2O2S2/c1-7(2)6-14(11,12)10(3)5-4-8(9)13/h7H,4-6H2,1-3H3,(H2,9,13). The first-order valence-corrected chi connectivity index (χ1v) is 6.49. The lowest BCUT2D eigenvalue weighted by molar-refractivity contribution is 0.471. The molecule has 0 amide bonds. The van der Waals surface area contributed by atoms with Gasteiger partial charge in [0, 0.05) is 20.0 Å². The van der Waals surface area contributed by atoms with Crippen molar-refractivity contribution in [3.63, 3.8) is 0 Å². The molecule has 0 aliphatic heterocycles. The van der Waals surface area contributed by atoms with Crippen molar-refractivity contribution in [3.8, 4) is 0 Å². The molecule has 0 aromatic rings. The molecule has 2 N–H and O–H groups in total. The van der Waals surface area contributed by atoms with E-state index in [9.17, 15) is 8.42 Å². The monoisotopic (exact) mass is 238 g/mol. The summed E-state index contributed by atoms with van der Waals surface area (Å²) in [5, 5.41) is 0. The summed E-state index contributed by atoms with van der Waals surface area (Å²) in [6.07, 6.45) is 0.434. The topological polar surface area (TPSA) is 63.4 Å². The fraction of sp³-hybridized carbons (Fsp3) is 0.875. The summed E-state index contributed by atoms with van der Waals surface area (Å²) in [6.45, 7) is 4.11. The molecular formula is C8H18N2O2S2. The van der Waals surface area contributed by atoms with Crippen molar-refractivity contribution in [2.75, 3.05) is 19.3 Å². The van der Waals surface area contributed by atoms with Crippen LogP contribution in [-0.4, -0.2) is 37.1 Å². The molecule has 0 aromatic carbocycles. The van der Waals surface area contributed by atoms with Gasteiger partial charge in [-0.3, -0.25) is 0 Å². The summed E-state index contributed by atoms with van der Waals surface area (Å²) < 4.78 is 24.5. The molecule has 0 aromatic heterocycles. The third-order valence-corrected chi connectivity index (χ3v) is 4.12. The lowest BCUT2D eigenvalue weighted by atomic mass is 10.3. The largest absolute Gasteiger partial charge is 0.393 e. The van der Waals surface area contributed by atoms with Crippen LogP contribution in [0.3, 0.4) is 0 Å². The predicted molar refractivity (Wildman–Crippen MR) is 62.7 cm³/mol. The average Bonchev–Trinajstić information content (AvgIpc) is 1.97. The van der Waals surface area contributed by atoms with Crippen molar-refractivity contribution in [2.45, 2.75) is 20.3 Å². The Morgan fingerprint density at radius 2 is 2.00 bits per heavy atom. The summed E-state index contributed by atoms with van der Waals surface area (Å²) in [5.41, 5.74) is 5.30. The van der Waals surface area contributed by atoms with Gasteiger partial charge in [0.05, 0.1) is 10.7 Å². The first kappa shape index (κ1) is 13.8. The van der Waals surface area contributed by atoms with Crippen molar-refractivity contribution in [3.05, 3.63) is 0 Å². The van der Waals surface area contributed by atoms with Gasteiger partial charge in [0.1, 0.15) is 0 Å². The van der Waals surface area contributed by atoms with Crippen LogP contribution in [0.15, 0.2) is 0 Å². The molecule has 0 aliphatic carbocycles. The number of rotatable bonds is 6. The summed E-state index contributed by atoms with van der Waals surface area (Å²) >= 11 is 4.68. The van der Waals surface area contributed by atoms with Crippen molar-refractivity contribution >= 4 is 27.2 Å². The SMILES string of the molecule is CC(C)CS(=O)(=O)N(C)CCC(N)=S. The van der Waals surface area contributed by atoms with Gasteiger partial charge in [-0.2, -0.15) is 0 Å². The molecule has 0 radical (unpaired) electrons. The summed E-state index contributed by atoms with van der Waals surface area (Å²) in [5.74, 6) is 0.299. The van der Waals surface area contributed by atoms with Gasteiger partial charge >= 0.3 is 0 Å². The number of nitrogens with two attached hydrogens (primary N) is 1. The van der Waals surface area contributed by atoms with E-state index in [0.29, 0.717) is 18.0 Å². The van der Waals surface area contributed by atoms with Gasteiger partial charge in [-0.15, -0.1) is 0 Å². The summed E-state index contributed by atoms with van der Waals surface area (Å²) in [6, 6.07) is 0. The van der Waals surface area contributed by atoms with Crippen molar-refractivity contribution in [1.29, 1.82) is 0 Å². The van der Waals surface area contributed by atoms with Crippen LogP contribution < -0.4 is 5.73 Å². The highest BCUT2D eigenvalue weighted by Gasteiger charge is 2.18. The number of nitrogens with zero attached hydrogens (tertiary/aromatic N) is 1. The number of thiocarbonyl (C=S) groups is 1. The molecule has 0 atom stereocenters. The molecular weight excluding hydrogens is 220 g/mol. The van der Waals surface area contributed by atoms with Gasteiger partial charge in [-0.25, -0.2) is 12.7 Å². The Bertz CT molecular complexity index is 286. The normalized spacial score (nSPS) is 12.4. The first-order valence-electron chi connectivity index (χ1n) is 4.48. The van der Waals surface area contributed by atoms with Crippen LogP contribution >= 0.6 is 12.2 Å². The molecule has 0 spiro atoms. The van der Waals surface area contributed by atoms with Gasteiger partial charge in [-0.05, 0) is 5.92 Å². The van der Waals surface area contributed by atoms with Crippen LogP contribution in [0.2, 0.25) is 0 Å². The second-order valence-corrected chi connectivity index (χ2v) is 6.36. The Morgan fingerprint density at radius 3 is 2.36 bits per heavy atom. The molecule has 84 valence electrons. The lowest BCUT2D eigenvalue weighted by Gasteiger charge is -2.17. The minimum Gasteiger partial charge on any atom is -0.393 e. The Morgan fingerprint density at radius 1 is 1.50 bits per heavy atom. The molecule has 6 heteroatoms. The van der Waals surface area contributed by atoms with Crippen molar-refractivity contribution < 1.29 is 8.42 Å². The summed E-state index contributed by atoms with van der Waals surface area (Å²) in [7, 11) is -1.59. The van der Waals surface area contributed by atoms with E-state index in [-0.39, 0.29) is 11.7 Å². The van der Waals surface area contributed by atoms with Gasteiger partial charge < -0.3 is 5.73 Å². The van der Waals surface area contributed by atoms with E-state index in [1.807, 2.05) is 13.8 Å². The molecule has 0 saturated heterocycles. The Balaban J connectivity index is 4.22. The van der Waals surface area contributed by atoms with Crippen LogP contribution in [0.5, 0.6) is 0 Å². The van der Waals surface area contributed by atoms with Gasteiger partial charge in [0.2, 0.25) is 10.0 Å². The molecule has 0 saturated carbocycles. The molecule has 14 heavy (non-hydrogen) atoms. The maximum absolute atomic E-state index is 11.6. The molecule has 4 nitrogen and oxygen atoms in total. The van der Waals surface area contributed by atoms with Crippen molar-refractivity contribution in [1.82, 2.24) is 4.31 Å². The van der Waals surface area contributed by atoms with Crippen molar-refractivity contribution in [2.24, 2.45) is 11.7 Å². The van der Waals surface area contributed by atoms with E-state index in [1.165, 1.54) is 4.31 Å². The second kappa shape index (κ2) is 5.63. The van der Waals surface area contributed by atoms with Crippen LogP contribution in [0.25, 0.3) is 0 Å². The molecule has 0 rings (SSSR count). The van der Waals surface area contributed by atoms with E-state index < -0.39 is 10.0 Å². The Labute approximate surface area is 91.5 Å². The zero-order chi connectivity index (χ0) is 11.4. The van der Waals surface area contributed by atoms with E-state index >= 15 is 0 Å². The predicted octanol–water partition coefficient (Wildman–Crippen LogP) is 0.580. The first-order chi connectivity index (χ1) is 6.25. The number of hydrogen-bond acceptors (Lipinski definition) is 3. The highest BCUT2D eigenvalue weighted by molar-refractivity contribution is 7.89. The molecule has 0 heterocycles. The Hall–Kier alpha value is -0.200. The number of sulfonamides is 1. The molecule has 0 unspecified atom stereocenters. The van der Waals surface area contributed by atoms with Crippen LogP contribution in [0.1, 0.15) is 20.3 Å². The molecule has 0 bridgehead atoms. The zero-order valence-electron chi connectivity index (χ0n) is 8.86. The minimum absolute atomic E-state index is 0.132. The third kappa shape index (κ3) is 5.51. The fourth-order valence-corrected chi connectivity index (χ4v) is 2.51. The van der Waals surface area contributed by atoms with Crippen LogP contribution in [0, 0.1) is 5.92 Å². The van der Waals surface area contributed by atoms with Gasteiger partial charge in [-0.1, -0.05) is 26.1 Å². The maximum Gasteiger partial charge on any atom is 0.214 e. The lowest BCUT2D eigenvalue weighted by Crippen LogP contribution is -2.33. The van der Waals surface area contributed by atoms with E-state index in [4.69, 9.17) is 5.73 Å².